The van der Waals surface area contributed by atoms with Crippen LogP contribution in [0.3, 0.4) is 0 Å². The fourth-order valence-electron chi connectivity index (χ4n) is 1.79. The lowest BCUT2D eigenvalue weighted by Gasteiger charge is -1.98. The van der Waals surface area contributed by atoms with Gasteiger partial charge < -0.3 is 10.3 Å². The van der Waals surface area contributed by atoms with E-state index >= 15 is 0 Å². The lowest BCUT2D eigenvalue weighted by molar-refractivity contribution is -0.383. The maximum atomic E-state index is 10.9. The quantitative estimate of drug-likeness (QED) is 0.444. The average molecular weight is 283 g/mol. The van der Waals surface area contributed by atoms with Crippen molar-refractivity contribution < 1.29 is 9.45 Å². The Morgan fingerprint density at radius 1 is 1.24 bits per heavy atom. The van der Waals surface area contributed by atoms with Gasteiger partial charge in [-0.1, -0.05) is 5.16 Å². The SMILES string of the molecule is Nc1ccc(-c2nc(-c3cccnc3)no2)cc1[N+](=O)[O-]. The van der Waals surface area contributed by atoms with E-state index in [1.165, 1.54) is 12.1 Å². The molecule has 8 heteroatoms. The molecular formula is C13H9N5O3. The number of anilines is 1. The molecule has 2 N–H and O–H groups in total. The molecule has 21 heavy (non-hydrogen) atoms. The molecule has 0 aliphatic rings. The van der Waals surface area contributed by atoms with E-state index in [2.05, 4.69) is 15.1 Å². The summed E-state index contributed by atoms with van der Waals surface area (Å²) in [6, 6.07) is 7.85. The number of nitro benzene ring substituents is 1. The Bertz CT molecular complexity index is 801. The van der Waals surface area contributed by atoms with Crippen molar-refractivity contribution in [2.24, 2.45) is 0 Å². The molecule has 0 saturated carbocycles. The van der Waals surface area contributed by atoms with Crippen LogP contribution in [0.15, 0.2) is 47.2 Å². The summed E-state index contributed by atoms with van der Waals surface area (Å²) in [5, 5.41) is 14.7. The summed E-state index contributed by atoms with van der Waals surface area (Å²) in [6.45, 7) is 0. The molecule has 0 atom stereocenters. The summed E-state index contributed by atoms with van der Waals surface area (Å²) in [5.41, 5.74) is 6.55. The summed E-state index contributed by atoms with van der Waals surface area (Å²) in [6.07, 6.45) is 3.23. The number of pyridine rings is 1. The Morgan fingerprint density at radius 3 is 2.81 bits per heavy atom. The van der Waals surface area contributed by atoms with Crippen LogP contribution in [-0.4, -0.2) is 20.0 Å². The second-order valence-corrected chi connectivity index (χ2v) is 4.20. The summed E-state index contributed by atoms with van der Waals surface area (Å²) >= 11 is 0. The third kappa shape index (κ3) is 2.41. The van der Waals surface area contributed by atoms with Crippen molar-refractivity contribution in [2.75, 3.05) is 5.73 Å². The number of nitrogens with zero attached hydrogens (tertiary/aromatic N) is 4. The third-order valence-electron chi connectivity index (χ3n) is 2.82. The minimum atomic E-state index is -0.558. The van der Waals surface area contributed by atoms with Crippen LogP contribution in [0.25, 0.3) is 22.8 Å². The molecule has 104 valence electrons. The second kappa shape index (κ2) is 5.00. The van der Waals surface area contributed by atoms with Crippen LogP contribution >= 0.6 is 0 Å². The number of hydrogen-bond acceptors (Lipinski definition) is 7. The van der Waals surface area contributed by atoms with Crippen LogP contribution in [0.5, 0.6) is 0 Å². The molecule has 1 aromatic carbocycles. The molecule has 0 amide bonds. The molecule has 0 fully saturated rings. The summed E-state index contributed by atoms with van der Waals surface area (Å²) in [4.78, 5) is 18.5. The van der Waals surface area contributed by atoms with E-state index in [0.717, 1.165) is 0 Å². The first-order valence-electron chi connectivity index (χ1n) is 5.93. The van der Waals surface area contributed by atoms with E-state index < -0.39 is 4.92 Å². The first-order chi connectivity index (χ1) is 10.1. The molecule has 0 aliphatic carbocycles. The van der Waals surface area contributed by atoms with E-state index in [1.807, 2.05) is 0 Å². The summed E-state index contributed by atoms with van der Waals surface area (Å²) in [7, 11) is 0. The predicted octanol–water partition coefficient (Wildman–Crippen LogP) is 2.29. The molecule has 0 radical (unpaired) electrons. The highest BCUT2D eigenvalue weighted by molar-refractivity contribution is 5.68. The predicted molar refractivity (Wildman–Crippen MR) is 74.0 cm³/mol. The van der Waals surface area contributed by atoms with Crippen LogP contribution in [0.2, 0.25) is 0 Å². The van der Waals surface area contributed by atoms with Crippen LogP contribution < -0.4 is 5.73 Å². The molecule has 0 spiro atoms. The lowest BCUT2D eigenvalue weighted by atomic mass is 10.1. The molecular weight excluding hydrogens is 274 g/mol. The van der Waals surface area contributed by atoms with Crippen molar-refractivity contribution >= 4 is 11.4 Å². The Kier molecular flexibility index (Phi) is 3.03. The average Bonchev–Trinajstić information content (AvgIpc) is 2.98. The van der Waals surface area contributed by atoms with Gasteiger partial charge in [0.05, 0.1) is 4.92 Å². The molecule has 0 bridgehead atoms. The van der Waals surface area contributed by atoms with Gasteiger partial charge in [0, 0.05) is 29.6 Å². The molecule has 3 aromatic rings. The first-order valence-corrected chi connectivity index (χ1v) is 5.93. The van der Waals surface area contributed by atoms with Crippen molar-refractivity contribution in [2.45, 2.75) is 0 Å². The zero-order chi connectivity index (χ0) is 14.8. The maximum Gasteiger partial charge on any atom is 0.292 e. The van der Waals surface area contributed by atoms with Crippen LogP contribution in [0.1, 0.15) is 0 Å². The molecule has 0 saturated heterocycles. The van der Waals surface area contributed by atoms with Gasteiger partial charge in [0.2, 0.25) is 5.82 Å². The van der Waals surface area contributed by atoms with Crippen molar-refractivity contribution in [3.8, 4) is 22.8 Å². The van der Waals surface area contributed by atoms with Gasteiger partial charge in [-0.05, 0) is 24.3 Å². The topological polar surface area (TPSA) is 121 Å². The fourth-order valence-corrected chi connectivity index (χ4v) is 1.79. The Labute approximate surface area is 118 Å². The molecule has 2 heterocycles. The molecule has 3 rings (SSSR count). The van der Waals surface area contributed by atoms with E-state index in [9.17, 15) is 10.1 Å². The minimum Gasteiger partial charge on any atom is -0.393 e. The van der Waals surface area contributed by atoms with Crippen molar-refractivity contribution in [3.05, 3.63) is 52.8 Å². The molecule has 8 nitrogen and oxygen atoms in total. The van der Waals surface area contributed by atoms with E-state index in [4.69, 9.17) is 10.3 Å². The maximum absolute atomic E-state index is 10.9. The van der Waals surface area contributed by atoms with Crippen LogP contribution in [-0.2, 0) is 0 Å². The lowest BCUT2D eigenvalue weighted by Crippen LogP contribution is -1.95. The van der Waals surface area contributed by atoms with Gasteiger partial charge in [-0.15, -0.1) is 0 Å². The first kappa shape index (κ1) is 12.7. The van der Waals surface area contributed by atoms with E-state index in [-0.39, 0.29) is 17.3 Å². The Hall–Kier alpha value is -3.29. The fraction of sp³-hybridized carbons (Fsp3) is 0. The summed E-state index contributed by atoms with van der Waals surface area (Å²) in [5.74, 6) is 0.537. The number of nitrogens with two attached hydrogens (primary N) is 1. The van der Waals surface area contributed by atoms with Gasteiger partial charge in [0.25, 0.3) is 11.6 Å². The van der Waals surface area contributed by atoms with Gasteiger partial charge in [-0.25, -0.2) is 0 Å². The standard InChI is InChI=1S/C13H9N5O3/c14-10-4-3-8(6-11(10)18(19)20)13-16-12(17-21-13)9-2-1-5-15-7-9/h1-7H,14H2. The van der Waals surface area contributed by atoms with E-state index in [0.29, 0.717) is 17.0 Å². The van der Waals surface area contributed by atoms with Gasteiger partial charge in [-0.3, -0.25) is 15.1 Å². The largest absolute Gasteiger partial charge is 0.393 e. The minimum absolute atomic E-state index is 0.0794. The van der Waals surface area contributed by atoms with Gasteiger partial charge in [0.1, 0.15) is 5.69 Å². The van der Waals surface area contributed by atoms with Crippen molar-refractivity contribution in [3.63, 3.8) is 0 Å². The molecule has 0 unspecified atom stereocenters. The van der Waals surface area contributed by atoms with E-state index in [1.54, 1.807) is 30.6 Å². The zero-order valence-corrected chi connectivity index (χ0v) is 10.6. The number of nitro groups is 1. The second-order valence-electron chi connectivity index (χ2n) is 4.20. The van der Waals surface area contributed by atoms with Gasteiger partial charge in [0.15, 0.2) is 0 Å². The number of rotatable bonds is 3. The van der Waals surface area contributed by atoms with Crippen LogP contribution in [0.4, 0.5) is 11.4 Å². The smallest absolute Gasteiger partial charge is 0.292 e. The zero-order valence-electron chi connectivity index (χ0n) is 10.6. The highest BCUT2D eigenvalue weighted by Crippen LogP contribution is 2.28. The number of aromatic nitrogens is 3. The number of nitrogen functional groups attached to an aromatic ring is 1. The Balaban J connectivity index is 2.01. The highest BCUT2D eigenvalue weighted by Gasteiger charge is 2.16. The molecule has 0 aliphatic heterocycles. The Morgan fingerprint density at radius 2 is 2.10 bits per heavy atom. The number of hydrogen-bond donors (Lipinski definition) is 1. The summed E-state index contributed by atoms with van der Waals surface area (Å²) < 4.78 is 5.13. The van der Waals surface area contributed by atoms with Gasteiger partial charge in [-0.2, -0.15) is 4.98 Å². The van der Waals surface area contributed by atoms with Crippen molar-refractivity contribution in [1.82, 2.24) is 15.1 Å². The number of benzene rings is 1. The molecule has 2 aromatic heterocycles. The third-order valence-corrected chi connectivity index (χ3v) is 2.82. The monoisotopic (exact) mass is 283 g/mol. The van der Waals surface area contributed by atoms with Crippen molar-refractivity contribution in [1.29, 1.82) is 0 Å². The van der Waals surface area contributed by atoms with Gasteiger partial charge >= 0.3 is 0 Å². The van der Waals surface area contributed by atoms with Crippen LogP contribution in [0, 0.1) is 10.1 Å². The normalized spacial score (nSPS) is 10.5. The highest BCUT2D eigenvalue weighted by atomic mass is 16.6.